The van der Waals surface area contributed by atoms with Crippen molar-refractivity contribution in [2.45, 2.75) is 6.54 Å². The number of para-hydroxylation sites is 1. The molecule has 1 amide bonds. The van der Waals surface area contributed by atoms with Crippen molar-refractivity contribution in [3.05, 3.63) is 66.0 Å². The van der Waals surface area contributed by atoms with Gasteiger partial charge in [-0.1, -0.05) is 36.4 Å². The largest absolute Gasteiger partial charge is 0.492 e. The van der Waals surface area contributed by atoms with Crippen LogP contribution in [0.3, 0.4) is 0 Å². The van der Waals surface area contributed by atoms with Gasteiger partial charge in [-0.05, 0) is 25.2 Å². The zero-order valence-electron chi connectivity index (χ0n) is 13.2. The third-order valence-corrected chi connectivity index (χ3v) is 3.33. The molecule has 0 saturated carbocycles. The molecule has 5 heteroatoms. The highest BCUT2D eigenvalue weighted by Crippen LogP contribution is 2.08. The Morgan fingerprint density at radius 1 is 1.13 bits per heavy atom. The van der Waals surface area contributed by atoms with Gasteiger partial charge in [-0.15, -0.1) is 0 Å². The molecule has 0 spiro atoms. The van der Waals surface area contributed by atoms with Crippen LogP contribution in [0.15, 0.2) is 54.6 Å². The average Bonchev–Trinajstić information content (AvgIpc) is 2.55. The van der Waals surface area contributed by atoms with Crippen molar-refractivity contribution < 1.29 is 13.9 Å². The predicted octanol–water partition coefficient (Wildman–Crippen LogP) is 2.45. The zero-order chi connectivity index (χ0) is 16.5. The maximum atomic E-state index is 13.5. The summed E-state index contributed by atoms with van der Waals surface area (Å²) in [7, 11) is 1.84. The first-order valence-electron chi connectivity index (χ1n) is 7.51. The molecule has 4 nitrogen and oxygen atoms in total. The molecule has 0 fully saturated rings. The topological polar surface area (TPSA) is 41.6 Å². The third-order valence-electron chi connectivity index (χ3n) is 3.33. The number of nitrogens with zero attached hydrogens (tertiary/aromatic N) is 1. The van der Waals surface area contributed by atoms with E-state index in [2.05, 4.69) is 5.32 Å². The second kappa shape index (κ2) is 8.90. The van der Waals surface area contributed by atoms with Gasteiger partial charge in [-0.25, -0.2) is 4.39 Å². The molecule has 1 N–H and O–H groups in total. The first kappa shape index (κ1) is 17.0. The third kappa shape index (κ3) is 6.08. The summed E-state index contributed by atoms with van der Waals surface area (Å²) in [6.45, 7) is 1.57. The summed E-state index contributed by atoms with van der Waals surface area (Å²) >= 11 is 0. The van der Waals surface area contributed by atoms with Crippen LogP contribution in [0.1, 0.15) is 5.56 Å². The van der Waals surface area contributed by atoms with Crippen LogP contribution in [0.25, 0.3) is 0 Å². The summed E-state index contributed by atoms with van der Waals surface area (Å²) in [4.78, 5) is 13.7. The molecule has 0 atom stereocenters. The minimum absolute atomic E-state index is 0.143. The van der Waals surface area contributed by atoms with Crippen LogP contribution in [0, 0.1) is 5.82 Å². The predicted molar refractivity (Wildman–Crippen MR) is 87.7 cm³/mol. The lowest BCUT2D eigenvalue weighted by molar-refractivity contribution is -0.122. The Morgan fingerprint density at radius 3 is 2.57 bits per heavy atom. The molecular weight excluding hydrogens is 295 g/mol. The van der Waals surface area contributed by atoms with Gasteiger partial charge < -0.3 is 10.1 Å². The fourth-order valence-corrected chi connectivity index (χ4v) is 2.05. The molecule has 0 aromatic heterocycles. The van der Waals surface area contributed by atoms with Crippen LogP contribution in [0.5, 0.6) is 5.75 Å². The Balaban J connectivity index is 1.65. The fraction of sp³-hybridized carbons (Fsp3) is 0.278. The maximum absolute atomic E-state index is 13.5. The van der Waals surface area contributed by atoms with Gasteiger partial charge in [-0.3, -0.25) is 9.69 Å². The molecule has 0 aliphatic carbocycles. The first-order valence-corrected chi connectivity index (χ1v) is 7.51. The summed E-state index contributed by atoms with van der Waals surface area (Å²) in [6.07, 6.45) is 0. The highest BCUT2D eigenvalue weighted by atomic mass is 19.1. The molecule has 2 rings (SSSR count). The number of carbonyl (C=O) groups excluding carboxylic acids is 1. The smallest absolute Gasteiger partial charge is 0.234 e. The number of hydrogen-bond donors (Lipinski definition) is 1. The number of nitrogens with one attached hydrogen (secondary N) is 1. The fourth-order valence-electron chi connectivity index (χ4n) is 2.05. The second-order valence-corrected chi connectivity index (χ2v) is 5.27. The van der Waals surface area contributed by atoms with E-state index in [9.17, 15) is 9.18 Å². The van der Waals surface area contributed by atoms with E-state index < -0.39 is 0 Å². The molecule has 122 valence electrons. The molecule has 0 aliphatic heterocycles. The molecule has 0 aliphatic rings. The minimum atomic E-state index is -0.308. The van der Waals surface area contributed by atoms with Gasteiger partial charge in [0.1, 0.15) is 18.2 Å². The molecular formula is C18H21FN2O2. The SMILES string of the molecule is CN(CCOc1ccccc1)CC(=O)NCc1ccccc1F. The normalized spacial score (nSPS) is 10.6. The lowest BCUT2D eigenvalue weighted by atomic mass is 10.2. The molecule has 0 saturated heterocycles. The summed E-state index contributed by atoms with van der Waals surface area (Å²) in [5.74, 6) is 0.359. The van der Waals surface area contributed by atoms with Crippen LogP contribution in [-0.2, 0) is 11.3 Å². The number of hydrogen-bond acceptors (Lipinski definition) is 3. The second-order valence-electron chi connectivity index (χ2n) is 5.27. The molecule has 23 heavy (non-hydrogen) atoms. The van der Waals surface area contributed by atoms with E-state index in [0.29, 0.717) is 18.7 Å². The Morgan fingerprint density at radius 2 is 1.83 bits per heavy atom. The van der Waals surface area contributed by atoms with Crippen molar-refractivity contribution in [1.29, 1.82) is 0 Å². The lowest BCUT2D eigenvalue weighted by Gasteiger charge is -2.16. The standard InChI is InChI=1S/C18H21FN2O2/c1-21(11-12-23-16-8-3-2-4-9-16)14-18(22)20-13-15-7-5-6-10-17(15)19/h2-10H,11-14H2,1H3,(H,20,22). The molecule has 0 radical (unpaired) electrons. The summed E-state index contributed by atoms with van der Waals surface area (Å²) < 4.78 is 19.0. The van der Waals surface area contributed by atoms with Crippen molar-refractivity contribution >= 4 is 5.91 Å². The first-order chi connectivity index (χ1) is 11.1. The van der Waals surface area contributed by atoms with E-state index in [4.69, 9.17) is 4.74 Å². The van der Waals surface area contributed by atoms with E-state index in [1.807, 2.05) is 42.3 Å². The van der Waals surface area contributed by atoms with Crippen molar-refractivity contribution in [2.24, 2.45) is 0 Å². The van der Waals surface area contributed by atoms with Crippen LogP contribution < -0.4 is 10.1 Å². The van der Waals surface area contributed by atoms with Gasteiger partial charge in [-0.2, -0.15) is 0 Å². The van der Waals surface area contributed by atoms with Crippen LogP contribution in [0.4, 0.5) is 4.39 Å². The number of benzene rings is 2. The molecule has 2 aromatic carbocycles. The molecule has 0 bridgehead atoms. The summed E-state index contributed by atoms with van der Waals surface area (Å²) in [5.41, 5.74) is 0.482. The van der Waals surface area contributed by atoms with Crippen LogP contribution in [0.2, 0.25) is 0 Å². The van der Waals surface area contributed by atoms with Crippen molar-refractivity contribution in [2.75, 3.05) is 26.7 Å². The molecule has 0 heterocycles. The average molecular weight is 316 g/mol. The van der Waals surface area contributed by atoms with Crippen molar-refractivity contribution in [3.63, 3.8) is 0 Å². The number of amides is 1. The monoisotopic (exact) mass is 316 g/mol. The van der Waals surface area contributed by atoms with E-state index in [1.165, 1.54) is 6.07 Å². The minimum Gasteiger partial charge on any atom is -0.492 e. The van der Waals surface area contributed by atoms with Gasteiger partial charge in [0.25, 0.3) is 0 Å². The zero-order valence-corrected chi connectivity index (χ0v) is 13.2. The number of rotatable bonds is 8. The van der Waals surface area contributed by atoms with Crippen molar-refractivity contribution in [3.8, 4) is 5.75 Å². The quantitative estimate of drug-likeness (QED) is 0.813. The van der Waals surface area contributed by atoms with Gasteiger partial charge >= 0.3 is 0 Å². The Kier molecular flexibility index (Phi) is 6.56. The Hall–Kier alpha value is -2.40. The van der Waals surface area contributed by atoms with Gasteiger partial charge in [0.15, 0.2) is 0 Å². The van der Waals surface area contributed by atoms with Crippen LogP contribution >= 0.6 is 0 Å². The summed E-state index contributed by atoms with van der Waals surface area (Å²) in [6, 6.07) is 16.0. The number of ether oxygens (including phenoxy) is 1. The number of carbonyl (C=O) groups is 1. The van der Waals surface area contributed by atoms with Gasteiger partial charge in [0, 0.05) is 18.7 Å². The molecule has 2 aromatic rings. The highest BCUT2D eigenvalue weighted by Gasteiger charge is 2.08. The Labute approximate surface area is 135 Å². The van der Waals surface area contributed by atoms with Gasteiger partial charge in [0.05, 0.1) is 6.54 Å². The van der Waals surface area contributed by atoms with E-state index in [-0.39, 0.29) is 24.8 Å². The highest BCUT2D eigenvalue weighted by molar-refractivity contribution is 5.77. The lowest BCUT2D eigenvalue weighted by Crippen LogP contribution is -2.36. The Bertz CT molecular complexity index is 619. The maximum Gasteiger partial charge on any atom is 0.234 e. The van der Waals surface area contributed by atoms with E-state index in [0.717, 1.165) is 5.75 Å². The number of likely N-dealkylation sites (N-methyl/N-ethyl adjacent to an activating group) is 1. The summed E-state index contributed by atoms with van der Waals surface area (Å²) in [5, 5.41) is 2.72. The molecule has 0 unspecified atom stereocenters. The van der Waals surface area contributed by atoms with E-state index >= 15 is 0 Å². The van der Waals surface area contributed by atoms with Gasteiger partial charge in [0.2, 0.25) is 5.91 Å². The van der Waals surface area contributed by atoms with E-state index in [1.54, 1.807) is 18.2 Å². The van der Waals surface area contributed by atoms with Crippen LogP contribution in [-0.4, -0.2) is 37.6 Å². The van der Waals surface area contributed by atoms with Crippen molar-refractivity contribution in [1.82, 2.24) is 10.2 Å². The number of halogens is 1.